The van der Waals surface area contributed by atoms with Gasteiger partial charge in [0.1, 0.15) is 5.75 Å². The fourth-order valence-electron chi connectivity index (χ4n) is 4.68. The Hall–Kier alpha value is -3.18. The van der Waals surface area contributed by atoms with Gasteiger partial charge in [-0.05, 0) is 94.8 Å². The fourth-order valence-corrected chi connectivity index (χ4v) is 4.68. The van der Waals surface area contributed by atoms with Crippen molar-refractivity contribution >= 4 is 5.97 Å². The van der Waals surface area contributed by atoms with Crippen LogP contribution in [-0.2, 0) is 16.0 Å². The quantitative estimate of drug-likeness (QED) is 0.465. The van der Waals surface area contributed by atoms with Gasteiger partial charge in [-0.15, -0.1) is 0 Å². The lowest BCUT2D eigenvalue weighted by Crippen LogP contribution is -2.28. The van der Waals surface area contributed by atoms with Crippen molar-refractivity contribution in [1.29, 1.82) is 0 Å². The number of carboxylic acids is 1. The largest absolute Gasteiger partial charge is 0.493 e. The first-order valence-corrected chi connectivity index (χ1v) is 11.8. The van der Waals surface area contributed by atoms with Crippen LogP contribution in [0.3, 0.4) is 0 Å². The van der Waals surface area contributed by atoms with E-state index in [2.05, 4.69) is 25.1 Å². The van der Waals surface area contributed by atoms with E-state index in [-0.39, 0.29) is 0 Å². The van der Waals surface area contributed by atoms with Crippen LogP contribution in [0.25, 0.3) is 22.4 Å². The summed E-state index contributed by atoms with van der Waals surface area (Å²) in [6.07, 6.45) is 0.768. The minimum absolute atomic E-state index is 0.605. The Morgan fingerprint density at radius 3 is 2.53 bits per heavy atom. The molecule has 0 bridgehead atoms. The number of hydrogen-bond acceptors (Lipinski definition) is 4. The summed E-state index contributed by atoms with van der Waals surface area (Å²) in [6, 6.07) is 14.4. The van der Waals surface area contributed by atoms with Crippen LogP contribution in [-0.4, -0.2) is 28.3 Å². The molecule has 1 aliphatic heterocycles. The third kappa shape index (κ3) is 4.85. The summed E-state index contributed by atoms with van der Waals surface area (Å²) in [4.78, 5) is 17.4. The van der Waals surface area contributed by atoms with Crippen LogP contribution < -0.4 is 4.74 Å². The monoisotopic (exact) mass is 459 g/mol. The van der Waals surface area contributed by atoms with Gasteiger partial charge in [0.15, 0.2) is 6.10 Å². The number of nitrogens with zero attached hydrogens (tertiary/aromatic N) is 1. The van der Waals surface area contributed by atoms with Crippen molar-refractivity contribution in [3.8, 4) is 28.1 Å². The van der Waals surface area contributed by atoms with Crippen LogP contribution in [0.4, 0.5) is 0 Å². The van der Waals surface area contributed by atoms with E-state index in [1.54, 1.807) is 0 Å². The van der Waals surface area contributed by atoms with Crippen LogP contribution in [0.1, 0.15) is 61.2 Å². The van der Waals surface area contributed by atoms with Crippen LogP contribution in [0.15, 0.2) is 42.5 Å². The van der Waals surface area contributed by atoms with Crippen molar-refractivity contribution in [2.75, 3.05) is 6.61 Å². The first-order valence-electron chi connectivity index (χ1n) is 11.8. The number of fused-ring (bicyclic) bond motifs is 1. The minimum Gasteiger partial charge on any atom is -0.493 e. The Balaban J connectivity index is 2.01. The number of aromatic nitrogens is 1. The Morgan fingerprint density at radius 1 is 1.09 bits per heavy atom. The molecule has 0 radical (unpaired) electrons. The number of rotatable bonds is 5. The zero-order valence-corrected chi connectivity index (χ0v) is 20.9. The molecule has 178 valence electrons. The maximum absolute atomic E-state index is 12.5. The molecular weight excluding hydrogens is 426 g/mol. The molecule has 0 spiro atoms. The maximum Gasteiger partial charge on any atom is 0.337 e. The predicted octanol–water partition coefficient (Wildman–Crippen LogP) is 6.61. The van der Waals surface area contributed by atoms with Crippen molar-refractivity contribution < 1.29 is 19.4 Å². The fraction of sp³-hybridized carbons (Fsp3) is 0.379. The molecule has 1 aliphatic rings. The summed E-state index contributed by atoms with van der Waals surface area (Å²) >= 11 is 0. The average molecular weight is 460 g/mol. The molecule has 4 rings (SSSR count). The van der Waals surface area contributed by atoms with Crippen molar-refractivity contribution in [2.45, 2.75) is 66.1 Å². The number of benzene rings is 2. The molecule has 0 saturated heterocycles. The molecule has 0 aliphatic carbocycles. The normalized spacial score (nSPS) is 14.3. The van der Waals surface area contributed by atoms with Gasteiger partial charge in [0.25, 0.3) is 0 Å². The van der Waals surface area contributed by atoms with Gasteiger partial charge in [0, 0.05) is 16.8 Å². The van der Waals surface area contributed by atoms with E-state index in [9.17, 15) is 9.90 Å². The molecule has 2 aromatic carbocycles. The van der Waals surface area contributed by atoms with Crippen LogP contribution in [0, 0.1) is 20.8 Å². The summed E-state index contributed by atoms with van der Waals surface area (Å²) in [5.74, 6) is -0.121. The summed E-state index contributed by atoms with van der Waals surface area (Å²) < 4.78 is 11.9. The summed E-state index contributed by atoms with van der Waals surface area (Å²) in [7, 11) is 0. The van der Waals surface area contributed by atoms with Crippen LogP contribution in [0.5, 0.6) is 5.75 Å². The molecule has 1 aromatic heterocycles. The third-order valence-electron chi connectivity index (χ3n) is 6.12. The first kappa shape index (κ1) is 24.0. The number of aryl methyl sites for hydroxylation is 3. The highest BCUT2D eigenvalue weighted by atomic mass is 16.5. The number of ether oxygens (including phenoxy) is 2. The van der Waals surface area contributed by atoms with Gasteiger partial charge in [0.05, 0.1) is 17.9 Å². The van der Waals surface area contributed by atoms with Gasteiger partial charge in [-0.3, -0.25) is 4.98 Å². The van der Waals surface area contributed by atoms with Crippen LogP contribution >= 0.6 is 0 Å². The molecule has 34 heavy (non-hydrogen) atoms. The van der Waals surface area contributed by atoms with E-state index >= 15 is 0 Å². The SMILES string of the molecule is Cc1cccc(-c2nc(C)c([C@H](OC(C)(C)C)C(=O)O)c(-c3ccc4c(c3)CCCO4)c2C)c1. The molecule has 5 heteroatoms. The standard InChI is InChI=1S/C29H33NO4/c1-17-9-7-10-22(15-17)26-18(2)24(21-12-13-23-20(16-21)11-8-14-33-23)25(19(3)30-26)27(28(31)32)34-29(4,5)6/h7,9-10,12-13,15-16,27H,8,11,14H2,1-6H3,(H,31,32)/t27-/m0/s1. The molecule has 5 nitrogen and oxygen atoms in total. The Kier molecular flexibility index (Phi) is 6.50. The van der Waals surface area contributed by atoms with Gasteiger partial charge in [0.2, 0.25) is 0 Å². The van der Waals surface area contributed by atoms with Crippen molar-refractivity contribution in [3.63, 3.8) is 0 Å². The smallest absolute Gasteiger partial charge is 0.337 e. The first-order chi connectivity index (χ1) is 16.0. The average Bonchev–Trinajstić information content (AvgIpc) is 2.77. The lowest BCUT2D eigenvalue weighted by atomic mass is 9.87. The molecule has 0 amide bonds. The van der Waals surface area contributed by atoms with E-state index in [1.165, 1.54) is 0 Å². The lowest BCUT2D eigenvalue weighted by Gasteiger charge is -2.29. The summed E-state index contributed by atoms with van der Waals surface area (Å²) in [6.45, 7) is 12.3. The molecule has 1 N–H and O–H groups in total. The molecule has 0 saturated carbocycles. The summed E-state index contributed by atoms with van der Waals surface area (Å²) in [5, 5.41) is 10.2. The number of pyridine rings is 1. The number of hydrogen-bond donors (Lipinski definition) is 1. The second kappa shape index (κ2) is 9.22. The highest BCUT2D eigenvalue weighted by Gasteiger charge is 2.33. The van der Waals surface area contributed by atoms with E-state index in [0.29, 0.717) is 11.3 Å². The third-order valence-corrected chi connectivity index (χ3v) is 6.12. The van der Waals surface area contributed by atoms with Crippen molar-refractivity contribution in [1.82, 2.24) is 4.98 Å². The molecule has 0 fully saturated rings. The lowest BCUT2D eigenvalue weighted by molar-refractivity contribution is -0.160. The van der Waals surface area contributed by atoms with E-state index < -0.39 is 17.7 Å². The van der Waals surface area contributed by atoms with Crippen molar-refractivity contribution in [3.05, 3.63) is 70.4 Å². The van der Waals surface area contributed by atoms with Gasteiger partial charge in [-0.1, -0.05) is 29.8 Å². The highest BCUT2D eigenvalue weighted by Crippen LogP contribution is 2.42. The Morgan fingerprint density at radius 2 is 1.85 bits per heavy atom. The molecule has 3 aromatic rings. The minimum atomic E-state index is -1.14. The van der Waals surface area contributed by atoms with Gasteiger partial charge in [-0.25, -0.2) is 4.79 Å². The van der Waals surface area contributed by atoms with E-state index in [4.69, 9.17) is 14.5 Å². The van der Waals surface area contributed by atoms with E-state index in [1.807, 2.05) is 58.9 Å². The molecular formula is C29H33NO4. The molecule has 0 unspecified atom stereocenters. The van der Waals surface area contributed by atoms with Crippen LogP contribution in [0.2, 0.25) is 0 Å². The predicted molar refractivity (Wildman–Crippen MR) is 134 cm³/mol. The zero-order valence-electron chi connectivity index (χ0n) is 20.9. The number of carbonyl (C=O) groups is 1. The molecule has 1 atom stereocenters. The van der Waals surface area contributed by atoms with Gasteiger partial charge < -0.3 is 14.6 Å². The highest BCUT2D eigenvalue weighted by molar-refractivity contribution is 5.85. The summed E-state index contributed by atoms with van der Waals surface area (Å²) in [5.41, 5.74) is 7.54. The Labute approximate surface area is 201 Å². The topological polar surface area (TPSA) is 68.7 Å². The second-order valence-corrected chi connectivity index (χ2v) is 10.1. The Bertz CT molecular complexity index is 1240. The number of aliphatic carboxylic acids is 1. The van der Waals surface area contributed by atoms with E-state index in [0.717, 1.165) is 64.3 Å². The second-order valence-electron chi connectivity index (χ2n) is 10.1. The number of carboxylic acid groups (broad SMARTS) is 1. The van der Waals surface area contributed by atoms with Gasteiger partial charge in [-0.2, -0.15) is 0 Å². The van der Waals surface area contributed by atoms with Gasteiger partial charge >= 0.3 is 5.97 Å². The zero-order chi connectivity index (χ0) is 24.6. The van der Waals surface area contributed by atoms with Crippen molar-refractivity contribution in [2.24, 2.45) is 0 Å². The maximum atomic E-state index is 12.5. The molecule has 2 heterocycles.